The Morgan fingerprint density at radius 3 is 2.60 bits per heavy atom. The van der Waals surface area contributed by atoms with Crippen LogP contribution >= 0.6 is 11.3 Å². The number of aromatic nitrogens is 2. The Hall–Kier alpha value is -2.60. The topological polar surface area (TPSA) is 59.0 Å². The minimum atomic E-state index is -0.174. The zero-order valence-electron chi connectivity index (χ0n) is 14.4. The molecule has 0 aliphatic carbocycles. The Bertz CT molecular complexity index is 811. The minimum absolute atomic E-state index is 0.00354. The summed E-state index contributed by atoms with van der Waals surface area (Å²) in [5.74, 6) is 0. The third-order valence-electron chi connectivity index (χ3n) is 3.96. The molecule has 1 unspecified atom stereocenters. The van der Waals surface area contributed by atoms with Gasteiger partial charge in [-0.1, -0.05) is 36.4 Å². The van der Waals surface area contributed by atoms with Crippen LogP contribution in [0.5, 0.6) is 0 Å². The Morgan fingerprint density at radius 2 is 1.96 bits per heavy atom. The van der Waals surface area contributed by atoms with Gasteiger partial charge in [-0.25, -0.2) is 4.79 Å². The van der Waals surface area contributed by atoms with E-state index in [1.54, 1.807) is 11.3 Å². The summed E-state index contributed by atoms with van der Waals surface area (Å²) in [6.45, 7) is 5.02. The molecule has 2 N–H and O–H groups in total. The van der Waals surface area contributed by atoms with E-state index in [1.165, 1.54) is 4.88 Å². The molecule has 3 aromatic rings. The van der Waals surface area contributed by atoms with Crippen molar-refractivity contribution in [3.8, 4) is 0 Å². The summed E-state index contributed by atoms with van der Waals surface area (Å²) in [5.41, 5.74) is 3.14. The van der Waals surface area contributed by atoms with Gasteiger partial charge < -0.3 is 10.6 Å². The van der Waals surface area contributed by atoms with Gasteiger partial charge in [0.2, 0.25) is 0 Å². The minimum Gasteiger partial charge on any atom is -0.336 e. The number of thiophene rings is 1. The Kier molecular flexibility index (Phi) is 5.50. The molecule has 2 amide bonds. The number of nitrogens with one attached hydrogen (secondary N) is 2. The van der Waals surface area contributed by atoms with Crippen molar-refractivity contribution < 1.29 is 4.79 Å². The molecule has 0 spiro atoms. The van der Waals surface area contributed by atoms with Gasteiger partial charge in [0.05, 0.1) is 5.69 Å². The number of aryl methyl sites for hydroxylation is 2. The quantitative estimate of drug-likeness (QED) is 0.710. The first-order valence-electron chi connectivity index (χ1n) is 8.25. The molecule has 3 rings (SSSR count). The molecule has 0 saturated heterocycles. The molecule has 0 bridgehead atoms. The van der Waals surface area contributed by atoms with Crippen LogP contribution < -0.4 is 10.6 Å². The molecule has 0 aliphatic heterocycles. The molecule has 0 radical (unpaired) electrons. The largest absolute Gasteiger partial charge is 0.336 e. The van der Waals surface area contributed by atoms with E-state index in [4.69, 9.17) is 0 Å². The number of carbonyl (C=O) groups is 1. The van der Waals surface area contributed by atoms with Crippen molar-refractivity contribution in [1.82, 2.24) is 20.4 Å². The Labute approximate surface area is 151 Å². The highest BCUT2D eigenvalue weighted by atomic mass is 32.1. The van der Waals surface area contributed by atoms with Crippen LogP contribution in [-0.4, -0.2) is 22.4 Å². The van der Waals surface area contributed by atoms with Gasteiger partial charge in [0, 0.05) is 23.7 Å². The summed E-state index contributed by atoms with van der Waals surface area (Å²) in [6, 6.07) is 15.8. The third kappa shape index (κ3) is 4.48. The molecular formula is C19H22N4OS. The molecule has 2 aromatic heterocycles. The van der Waals surface area contributed by atoms with Crippen LogP contribution in [0.1, 0.15) is 27.9 Å². The lowest BCUT2D eigenvalue weighted by molar-refractivity contribution is 0.239. The maximum absolute atomic E-state index is 12.2. The Morgan fingerprint density at radius 1 is 1.16 bits per heavy atom. The van der Waals surface area contributed by atoms with Gasteiger partial charge in [-0.05, 0) is 36.9 Å². The molecular weight excluding hydrogens is 332 g/mol. The molecule has 0 fully saturated rings. The zero-order chi connectivity index (χ0) is 17.6. The van der Waals surface area contributed by atoms with Crippen LogP contribution in [0.15, 0.2) is 53.9 Å². The SMILES string of the molecule is Cc1cc(C)n(C(CNC(=O)NCc2ccccc2)c2cccs2)n1. The number of hydrogen-bond acceptors (Lipinski definition) is 3. The highest BCUT2D eigenvalue weighted by molar-refractivity contribution is 7.10. The summed E-state index contributed by atoms with van der Waals surface area (Å²) in [5, 5.41) is 12.5. The number of hydrogen-bond donors (Lipinski definition) is 2. The average Bonchev–Trinajstić information content (AvgIpc) is 3.25. The number of carbonyl (C=O) groups excluding carboxylic acids is 1. The van der Waals surface area contributed by atoms with E-state index in [9.17, 15) is 4.79 Å². The van der Waals surface area contributed by atoms with E-state index >= 15 is 0 Å². The highest BCUT2D eigenvalue weighted by Crippen LogP contribution is 2.24. The van der Waals surface area contributed by atoms with Gasteiger partial charge in [-0.3, -0.25) is 4.68 Å². The van der Waals surface area contributed by atoms with E-state index in [1.807, 2.05) is 60.3 Å². The molecule has 5 nitrogen and oxygen atoms in total. The summed E-state index contributed by atoms with van der Waals surface area (Å²) < 4.78 is 1.98. The summed E-state index contributed by atoms with van der Waals surface area (Å²) in [6.07, 6.45) is 0. The fourth-order valence-electron chi connectivity index (χ4n) is 2.78. The van der Waals surface area contributed by atoms with E-state index in [0.717, 1.165) is 17.0 Å². The van der Waals surface area contributed by atoms with E-state index < -0.39 is 0 Å². The zero-order valence-corrected chi connectivity index (χ0v) is 15.2. The number of rotatable bonds is 6. The van der Waals surface area contributed by atoms with Crippen molar-refractivity contribution in [2.45, 2.75) is 26.4 Å². The normalized spacial score (nSPS) is 11.9. The van der Waals surface area contributed by atoms with Crippen molar-refractivity contribution >= 4 is 17.4 Å². The molecule has 1 aromatic carbocycles. The number of benzene rings is 1. The Balaban J connectivity index is 1.63. The fraction of sp³-hybridized carbons (Fsp3) is 0.263. The van der Waals surface area contributed by atoms with E-state index in [0.29, 0.717) is 13.1 Å². The smallest absolute Gasteiger partial charge is 0.315 e. The first-order chi connectivity index (χ1) is 12.1. The maximum Gasteiger partial charge on any atom is 0.315 e. The second-order valence-corrected chi connectivity index (χ2v) is 6.93. The fourth-order valence-corrected chi connectivity index (χ4v) is 3.59. The van der Waals surface area contributed by atoms with Crippen LogP contribution in [0.4, 0.5) is 4.79 Å². The standard InChI is InChI=1S/C19H22N4OS/c1-14-11-15(2)23(22-14)17(18-9-6-10-25-18)13-21-19(24)20-12-16-7-4-3-5-8-16/h3-11,17H,12-13H2,1-2H3,(H2,20,21,24). The number of urea groups is 1. The molecule has 1 atom stereocenters. The molecule has 25 heavy (non-hydrogen) atoms. The molecule has 0 aliphatic rings. The van der Waals surface area contributed by atoms with Gasteiger partial charge >= 0.3 is 6.03 Å². The summed E-state index contributed by atoms with van der Waals surface area (Å²) in [4.78, 5) is 13.3. The molecule has 0 saturated carbocycles. The molecule has 130 valence electrons. The number of amides is 2. The second-order valence-electron chi connectivity index (χ2n) is 5.95. The maximum atomic E-state index is 12.2. The number of nitrogens with zero attached hydrogens (tertiary/aromatic N) is 2. The van der Waals surface area contributed by atoms with Gasteiger partial charge in [-0.2, -0.15) is 5.10 Å². The van der Waals surface area contributed by atoms with Crippen molar-refractivity contribution in [2.75, 3.05) is 6.54 Å². The van der Waals surface area contributed by atoms with Crippen molar-refractivity contribution in [3.05, 3.63) is 75.7 Å². The lowest BCUT2D eigenvalue weighted by atomic mass is 10.2. The van der Waals surface area contributed by atoms with Crippen LogP contribution in [0, 0.1) is 13.8 Å². The highest BCUT2D eigenvalue weighted by Gasteiger charge is 2.19. The van der Waals surface area contributed by atoms with Crippen LogP contribution in [0.25, 0.3) is 0 Å². The van der Waals surface area contributed by atoms with Gasteiger partial charge in [0.1, 0.15) is 6.04 Å². The third-order valence-corrected chi connectivity index (χ3v) is 4.94. The monoisotopic (exact) mass is 354 g/mol. The lowest BCUT2D eigenvalue weighted by Gasteiger charge is -2.19. The van der Waals surface area contributed by atoms with Crippen molar-refractivity contribution in [3.63, 3.8) is 0 Å². The van der Waals surface area contributed by atoms with Crippen molar-refractivity contribution in [1.29, 1.82) is 0 Å². The van der Waals surface area contributed by atoms with E-state index in [-0.39, 0.29) is 12.1 Å². The first kappa shape index (κ1) is 17.2. The summed E-state index contributed by atoms with van der Waals surface area (Å²) in [7, 11) is 0. The van der Waals surface area contributed by atoms with Gasteiger partial charge in [0.25, 0.3) is 0 Å². The van der Waals surface area contributed by atoms with Crippen molar-refractivity contribution in [2.24, 2.45) is 0 Å². The molecule has 6 heteroatoms. The first-order valence-corrected chi connectivity index (χ1v) is 9.13. The predicted molar refractivity (Wildman–Crippen MR) is 101 cm³/mol. The van der Waals surface area contributed by atoms with Gasteiger partial charge in [0.15, 0.2) is 0 Å². The summed E-state index contributed by atoms with van der Waals surface area (Å²) >= 11 is 1.67. The van der Waals surface area contributed by atoms with Crippen LogP contribution in [0.2, 0.25) is 0 Å². The second kappa shape index (κ2) is 7.98. The lowest BCUT2D eigenvalue weighted by Crippen LogP contribution is -2.38. The van der Waals surface area contributed by atoms with Gasteiger partial charge in [-0.15, -0.1) is 11.3 Å². The van der Waals surface area contributed by atoms with Crippen LogP contribution in [-0.2, 0) is 6.54 Å². The predicted octanol–water partition coefficient (Wildman–Crippen LogP) is 3.65. The van der Waals surface area contributed by atoms with E-state index in [2.05, 4.69) is 27.9 Å². The average molecular weight is 354 g/mol. The molecule has 2 heterocycles. The van der Waals surface area contributed by atoms with Crippen LogP contribution in [0.3, 0.4) is 0 Å².